The summed E-state index contributed by atoms with van der Waals surface area (Å²) in [6, 6.07) is 0. The highest BCUT2D eigenvalue weighted by atomic mass is 35.5. The van der Waals surface area contributed by atoms with Gasteiger partial charge >= 0.3 is 0 Å². The number of nitrogens with two attached hydrogens (primary N) is 1. The fourth-order valence-electron chi connectivity index (χ4n) is 7.83. The maximum absolute atomic E-state index is 13.7. The maximum atomic E-state index is 13.7. The van der Waals surface area contributed by atoms with Gasteiger partial charge in [-0.25, -0.2) is 0 Å². The zero-order chi connectivity index (χ0) is 24.5. The van der Waals surface area contributed by atoms with E-state index in [1.807, 2.05) is 0 Å². The largest absolute Gasteiger partial charge is 0.511 e. The van der Waals surface area contributed by atoms with Gasteiger partial charge in [0, 0.05) is 23.3 Å². The molecule has 6 unspecified atom stereocenters. The van der Waals surface area contributed by atoms with E-state index in [1.165, 1.54) is 0 Å². The third-order valence-electron chi connectivity index (χ3n) is 9.36. The number of halogens is 1. The molecule has 0 saturated heterocycles. The van der Waals surface area contributed by atoms with E-state index in [1.54, 1.807) is 0 Å². The summed E-state index contributed by atoms with van der Waals surface area (Å²) >= 11 is 6.72. The molecule has 34 heavy (non-hydrogen) atoms. The van der Waals surface area contributed by atoms with Crippen LogP contribution in [-0.4, -0.2) is 55.0 Å². The molecule has 3 fully saturated rings. The van der Waals surface area contributed by atoms with Crippen molar-refractivity contribution in [3.63, 3.8) is 0 Å². The number of alkyl halides is 1. The van der Waals surface area contributed by atoms with Crippen LogP contribution in [0.5, 0.6) is 0 Å². The Morgan fingerprint density at radius 2 is 1.71 bits per heavy atom. The van der Waals surface area contributed by atoms with E-state index < -0.39 is 64.0 Å². The summed E-state index contributed by atoms with van der Waals surface area (Å²) in [4.78, 5) is 38.5. The fraction of sp³-hybridized carbons (Fsp3) is 0.720. The molecule has 0 aromatic rings. The van der Waals surface area contributed by atoms with Crippen molar-refractivity contribution in [1.82, 2.24) is 0 Å². The number of rotatable bonds is 2. The van der Waals surface area contributed by atoms with E-state index in [-0.39, 0.29) is 41.5 Å². The molecule has 3 saturated carbocycles. The number of carbonyl (C=O) groups excluding carboxylic acids is 3. The van der Waals surface area contributed by atoms with Gasteiger partial charge in [-0.1, -0.05) is 12.8 Å². The van der Waals surface area contributed by atoms with Gasteiger partial charge in [0.1, 0.15) is 17.1 Å². The van der Waals surface area contributed by atoms with E-state index >= 15 is 0 Å². The molecule has 8 nitrogen and oxygen atoms in total. The third kappa shape index (κ3) is 3.28. The highest BCUT2D eigenvalue weighted by Gasteiger charge is 2.62. The van der Waals surface area contributed by atoms with Crippen LogP contribution in [0.2, 0.25) is 0 Å². The van der Waals surface area contributed by atoms with E-state index in [9.17, 15) is 34.8 Å². The standard InChI is InChI=1S/C25H32ClNO7/c26-15-4-2-1-3-13(15)12-5-6-16(28)19-14(12)8-10-7-11-9-17(29)20(24(27)33)23(32)25(11,34)22(31)18(10)21(19)30/h10-16,19,28-29,31,34H,1-9H2,(H2,27,33)/t10-,11+,12?,13?,14?,15?,16?,19?,25+/m1/s1. The Bertz CT molecular complexity index is 1010. The molecule has 0 bridgehead atoms. The predicted octanol–water partition coefficient (Wildman–Crippen LogP) is 2.21. The Morgan fingerprint density at radius 3 is 2.38 bits per heavy atom. The molecule has 6 N–H and O–H groups in total. The highest BCUT2D eigenvalue weighted by Crippen LogP contribution is 2.57. The average Bonchev–Trinajstić information content (AvgIpc) is 2.77. The minimum atomic E-state index is -2.49. The lowest BCUT2D eigenvalue weighted by Crippen LogP contribution is -2.59. The molecule has 9 heteroatoms. The number of ketones is 2. The molecule has 0 spiro atoms. The second-order valence-corrected chi connectivity index (χ2v) is 11.5. The van der Waals surface area contributed by atoms with Crippen molar-refractivity contribution in [3.8, 4) is 0 Å². The molecular formula is C25H32ClNO7. The number of fused-ring (bicyclic) bond motifs is 3. The number of aliphatic hydroxyl groups is 4. The van der Waals surface area contributed by atoms with Crippen molar-refractivity contribution in [3.05, 3.63) is 22.7 Å². The smallest absolute Gasteiger partial charge is 0.255 e. The van der Waals surface area contributed by atoms with Crippen LogP contribution in [0.1, 0.15) is 57.8 Å². The Labute approximate surface area is 202 Å². The molecule has 0 aliphatic heterocycles. The van der Waals surface area contributed by atoms with Crippen molar-refractivity contribution >= 4 is 29.1 Å². The molecule has 0 aromatic carbocycles. The van der Waals surface area contributed by atoms with Gasteiger partial charge in [0.05, 0.1) is 12.0 Å². The SMILES string of the molecule is NC(=O)C1=C(O)C[C@@H]2C[C@@H]3CC4C(C5CCCCC5Cl)CCC(O)C4C(=O)C3=C(O)[C@]2(O)C1=O. The van der Waals surface area contributed by atoms with Crippen molar-refractivity contribution in [1.29, 1.82) is 0 Å². The van der Waals surface area contributed by atoms with Crippen molar-refractivity contribution in [2.75, 3.05) is 0 Å². The first-order valence-electron chi connectivity index (χ1n) is 12.4. The molecule has 0 radical (unpaired) electrons. The second kappa shape index (κ2) is 8.35. The molecule has 1 amide bonds. The lowest BCUT2D eigenvalue weighted by molar-refractivity contribution is -0.148. The maximum Gasteiger partial charge on any atom is 0.255 e. The molecule has 5 aliphatic carbocycles. The van der Waals surface area contributed by atoms with Gasteiger partial charge in [-0.15, -0.1) is 11.6 Å². The van der Waals surface area contributed by atoms with Gasteiger partial charge in [0.25, 0.3) is 5.91 Å². The summed E-state index contributed by atoms with van der Waals surface area (Å²) in [7, 11) is 0. The summed E-state index contributed by atoms with van der Waals surface area (Å²) < 4.78 is 0. The van der Waals surface area contributed by atoms with E-state index in [0.717, 1.165) is 32.1 Å². The highest BCUT2D eigenvalue weighted by molar-refractivity contribution is 6.24. The quantitative estimate of drug-likeness (QED) is 0.291. The first kappa shape index (κ1) is 23.8. The average molecular weight is 494 g/mol. The monoisotopic (exact) mass is 493 g/mol. The molecule has 9 atom stereocenters. The number of amides is 1. The number of Topliss-reactive ketones (excluding diaryl/α,β-unsaturated/α-hetero) is 2. The van der Waals surface area contributed by atoms with Crippen LogP contribution in [0.3, 0.4) is 0 Å². The number of allylic oxidation sites excluding steroid dienone is 2. The zero-order valence-corrected chi connectivity index (χ0v) is 19.7. The predicted molar refractivity (Wildman–Crippen MR) is 122 cm³/mol. The Kier molecular flexibility index (Phi) is 5.85. The lowest BCUT2D eigenvalue weighted by Gasteiger charge is -2.53. The lowest BCUT2D eigenvalue weighted by atomic mass is 9.52. The van der Waals surface area contributed by atoms with Gasteiger partial charge in [-0.05, 0) is 62.2 Å². The zero-order valence-electron chi connectivity index (χ0n) is 19.0. The normalized spacial score (nSPS) is 44.9. The minimum Gasteiger partial charge on any atom is -0.511 e. The molecule has 5 rings (SSSR count). The Morgan fingerprint density at radius 1 is 1.00 bits per heavy atom. The fourth-order valence-corrected chi connectivity index (χ4v) is 8.29. The number of primary amides is 1. The van der Waals surface area contributed by atoms with Crippen LogP contribution in [0.15, 0.2) is 22.7 Å². The van der Waals surface area contributed by atoms with Crippen molar-refractivity contribution < 1.29 is 34.8 Å². The van der Waals surface area contributed by atoms with Crippen molar-refractivity contribution in [2.24, 2.45) is 41.2 Å². The van der Waals surface area contributed by atoms with Crippen LogP contribution in [0.25, 0.3) is 0 Å². The summed E-state index contributed by atoms with van der Waals surface area (Å²) in [5.74, 6) is -5.73. The van der Waals surface area contributed by atoms with Crippen LogP contribution in [0, 0.1) is 35.5 Å². The number of hydrogen-bond acceptors (Lipinski definition) is 7. The summed E-state index contributed by atoms with van der Waals surface area (Å²) in [6.45, 7) is 0. The number of aliphatic hydroxyl groups excluding tert-OH is 3. The third-order valence-corrected chi connectivity index (χ3v) is 9.90. The van der Waals surface area contributed by atoms with Crippen LogP contribution in [-0.2, 0) is 14.4 Å². The minimum absolute atomic E-state index is 0.0238. The number of hydrogen-bond donors (Lipinski definition) is 5. The summed E-state index contributed by atoms with van der Waals surface area (Å²) in [5.41, 5.74) is 1.98. The molecular weight excluding hydrogens is 462 g/mol. The van der Waals surface area contributed by atoms with Gasteiger partial charge in [0.15, 0.2) is 11.4 Å². The van der Waals surface area contributed by atoms with E-state index in [2.05, 4.69) is 0 Å². The van der Waals surface area contributed by atoms with E-state index in [0.29, 0.717) is 12.8 Å². The molecule has 0 heterocycles. The summed E-state index contributed by atoms with van der Waals surface area (Å²) in [6.07, 6.45) is 5.04. The van der Waals surface area contributed by atoms with Gasteiger partial charge in [-0.2, -0.15) is 0 Å². The van der Waals surface area contributed by atoms with Gasteiger partial charge < -0.3 is 26.2 Å². The topological polar surface area (TPSA) is 158 Å². The first-order chi connectivity index (χ1) is 16.1. The van der Waals surface area contributed by atoms with Crippen LogP contribution >= 0.6 is 11.6 Å². The van der Waals surface area contributed by atoms with Crippen LogP contribution < -0.4 is 5.73 Å². The Hall–Kier alpha value is -1.90. The molecule has 186 valence electrons. The Balaban J connectivity index is 1.54. The molecule has 5 aliphatic rings. The van der Waals surface area contributed by atoms with E-state index in [4.69, 9.17) is 17.3 Å². The van der Waals surface area contributed by atoms with Crippen molar-refractivity contribution in [2.45, 2.75) is 74.9 Å². The number of carbonyl (C=O) groups is 3. The summed E-state index contributed by atoms with van der Waals surface area (Å²) in [5, 5.41) is 43.7. The molecule has 0 aromatic heterocycles. The van der Waals surface area contributed by atoms with Gasteiger partial charge in [-0.3, -0.25) is 14.4 Å². The van der Waals surface area contributed by atoms with Crippen LogP contribution in [0.4, 0.5) is 0 Å². The first-order valence-corrected chi connectivity index (χ1v) is 12.8. The second-order valence-electron chi connectivity index (χ2n) is 10.9. The van der Waals surface area contributed by atoms with Gasteiger partial charge in [0.2, 0.25) is 5.78 Å².